The van der Waals surface area contributed by atoms with Crippen molar-refractivity contribution in [3.8, 4) is 39.2 Å². The molecule has 62 heavy (non-hydrogen) atoms. The summed E-state index contributed by atoms with van der Waals surface area (Å²) >= 11 is 1.85. The SMILES string of the molecule is c1cc(-c2nc3ccccc3c3c4c(ccc23)C2(c3ccccc3-c3ccccc32)c2ccccc2-4)cc(-n2c3cc4c(cc3c3c5ccccc5sc32)oc2ccccc24)c1. The zero-order valence-electron chi connectivity index (χ0n) is 33.2. The summed E-state index contributed by atoms with van der Waals surface area (Å²) in [5.41, 5.74) is 17.3. The average molecular weight is 805 g/mol. The van der Waals surface area contributed by atoms with Crippen molar-refractivity contribution in [3.05, 3.63) is 216 Å². The second-order valence-electron chi connectivity index (χ2n) is 16.9. The van der Waals surface area contributed by atoms with E-state index in [0.717, 1.165) is 49.8 Å². The third kappa shape index (κ3) is 3.99. The summed E-state index contributed by atoms with van der Waals surface area (Å²) in [7, 11) is 0. The van der Waals surface area contributed by atoms with Gasteiger partial charge in [0.25, 0.3) is 0 Å². The predicted octanol–water partition coefficient (Wildman–Crippen LogP) is 15.6. The summed E-state index contributed by atoms with van der Waals surface area (Å²) < 4.78 is 10.2. The van der Waals surface area contributed by atoms with Crippen LogP contribution in [0.3, 0.4) is 0 Å². The molecule has 13 aromatic rings. The van der Waals surface area contributed by atoms with E-state index in [1.165, 1.54) is 86.5 Å². The number of thiophene rings is 1. The van der Waals surface area contributed by atoms with Crippen molar-refractivity contribution in [1.82, 2.24) is 9.55 Å². The quantitative estimate of drug-likeness (QED) is 0.163. The van der Waals surface area contributed by atoms with Crippen LogP contribution in [-0.4, -0.2) is 9.55 Å². The van der Waals surface area contributed by atoms with Gasteiger partial charge >= 0.3 is 0 Å². The van der Waals surface area contributed by atoms with E-state index < -0.39 is 5.41 Å². The minimum Gasteiger partial charge on any atom is -0.456 e. The Labute approximate surface area is 359 Å². The Morgan fingerprint density at radius 3 is 1.95 bits per heavy atom. The normalized spacial score (nSPS) is 13.6. The van der Waals surface area contributed by atoms with Crippen molar-refractivity contribution in [2.24, 2.45) is 0 Å². The predicted molar refractivity (Wildman–Crippen MR) is 258 cm³/mol. The summed E-state index contributed by atoms with van der Waals surface area (Å²) in [6.45, 7) is 0. The second-order valence-corrected chi connectivity index (χ2v) is 17.9. The first-order valence-corrected chi connectivity index (χ1v) is 22.1. The number of pyridine rings is 1. The smallest absolute Gasteiger partial charge is 0.136 e. The molecule has 0 atom stereocenters. The molecule has 0 radical (unpaired) electrons. The van der Waals surface area contributed by atoms with Gasteiger partial charge in [0.15, 0.2) is 0 Å². The largest absolute Gasteiger partial charge is 0.456 e. The Balaban J connectivity index is 1.02. The third-order valence-corrected chi connectivity index (χ3v) is 15.1. The van der Waals surface area contributed by atoms with E-state index in [4.69, 9.17) is 9.40 Å². The lowest BCUT2D eigenvalue weighted by atomic mass is 9.70. The first kappa shape index (κ1) is 33.0. The highest BCUT2D eigenvalue weighted by Gasteiger charge is 2.52. The van der Waals surface area contributed by atoms with E-state index in [1.54, 1.807) is 0 Å². The number of hydrogen-bond donors (Lipinski definition) is 0. The highest BCUT2D eigenvalue weighted by Crippen LogP contribution is 2.64. The van der Waals surface area contributed by atoms with Crippen LogP contribution < -0.4 is 0 Å². The summed E-state index contributed by atoms with van der Waals surface area (Å²) in [5, 5.41) is 9.57. The van der Waals surface area contributed by atoms with Gasteiger partial charge in [-0.2, -0.15) is 0 Å². The van der Waals surface area contributed by atoms with Crippen LogP contribution in [0.5, 0.6) is 0 Å². The topological polar surface area (TPSA) is 31.0 Å². The zero-order valence-corrected chi connectivity index (χ0v) is 34.0. The van der Waals surface area contributed by atoms with Gasteiger partial charge in [0.1, 0.15) is 16.0 Å². The molecule has 0 aliphatic heterocycles. The Hall–Kier alpha value is -7.79. The lowest BCUT2D eigenvalue weighted by Crippen LogP contribution is -2.25. The molecule has 0 unspecified atom stereocenters. The van der Waals surface area contributed by atoms with Gasteiger partial charge in [-0.15, -0.1) is 11.3 Å². The second kappa shape index (κ2) is 11.7. The molecule has 4 heteroatoms. The van der Waals surface area contributed by atoms with Gasteiger partial charge in [0, 0.05) is 59.0 Å². The number of fused-ring (bicyclic) bond motifs is 22. The number of benzene rings is 9. The molecular formula is C58H32N2OS. The molecule has 4 aromatic heterocycles. The molecule has 0 bridgehead atoms. The fourth-order valence-corrected chi connectivity index (χ4v) is 12.8. The van der Waals surface area contributed by atoms with Crippen molar-refractivity contribution in [2.45, 2.75) is 5.41 Å². The molecule has 1 spiro atoms. The Morgan fingerprint density at radius 2 is 1.13 bits per heavy atom. The molecule has 0 N–H and O–H groups in total. The van der Waals surface area contributed by atoms with E-state index in [-0.39, 0.29) is 0 Å². The maximum absolute atomic E-state index is 6.47. The van der Waals surface area contributed by atoms with Gasteiger partial charge in [0.2, 0.25) is 0 Å². The Bertz CT molecular complexity index is 4080. The van der Waals surface area contributed by atoms with Crippen LogP contribution in [-0.2, 0) is 5.41 Å². The summed E-state index contributed by atoms with van der Waals surface area (Å²) in [5.74, 6) is 0. The Morgan fingerprint density at radius 1 is 0.452 bits per heavy atom. The minimum absolute atomic E-state index is 0.422. The summed E-state index contributed by atoms with van der Waals surface area (Å²) in [4.78, 5) is 6.77. The van der Waals surface area contributed by atoms with Crippen LogP contribution in [0.1, 0.15) is 22.3 Å². The number of aromatic nitrogens is 2. The maximum atomic E-state index is 6.47. The lowest BCUT2D eigenvalue weighted by molar-refractivity contribution is 0.669. The molecule has 0 saturated carbocycles. The van der Waals surface area contributed by atoms with Crippen molar-refractivity contribution in [2.75, 3.05) is 0 Å². The van der Waals surface area contributed by atoms with Crippen LogP contribution in [0, 0.1) is 0 Å². The van der Waals surface area contributed by atoms with Gasteiger partial charge in [-0.1, -0.05) is 152 Å². The molecule has 2 aliphatic rings. The highest BCUT2D eigenvalue weighted by molar-refractivity contribution is 7.25. The molecule has 15 rings (SSSR count). The van der Waals surface area contributed by atoms with Crippen LogP contribution in [0.25, 0.3) is 114 Å². The molecule has 286 valence electrons. The number of nitrogens with zero attached hydrogens (tertiary/aromatic N) is 2. The lowest BCUT2D eigenvalue weighted by Gasteiger charge is -2.30. The molecule has 3 nitrogen and oxygen atoms in total. The Kier molecular flexibility index (Phi) is 6.24. The van der Waals surface area contributed by atoms with E-state index in [2.05, 4.69) is 193 Å². The zero-order chi connectivity index (χ0) is 40.3. The minimum atomic E-state index is -0.422. The highest BCUT2D eigenvalue weighted by atomic mass is 32.1. The van der Waals surface area contributed by atoms with Crippen molar-refractivity contribution in [3.63, 3.8) is 0 Å². The molecule has 0 fully saturated rings. The van der Waals surface area contributed by atoms with Gasteiger partial charge < -0.3 is 8.98 Å². The summed E-state index contributed by atoms with van der Waals surface area (Å²) in [6.07, 6.45) is 0. The van der Waals surface area contributed by atoms with Gasteiger partial charge in [0.05, 0.1) is 22.1 Å². The van der Waals surface area contributed by atoms with Crippen molar-refractivity contribution >= 4 is 86.2 Å². The third-order valence-electron chi connectivity index (χ3n) is 14.0. The van der Waals surface area contributed by atoms with Crippen molar-refractivity contribution in [1.29, 1.82) is 0 Å². The maximum Gasteiger partial charge on any atom is 0.136 e. The number of hydrogen-bond acceptors (Lipinski definition) is 3. The molecule has 2 aliphatic carbocycles. The molecule has 9 aromatic carbocycles. The van der Waals surface area contributed by atoms with Crippen LogP contribution in [0.15, 0.2) is 199 Å². The first-order valence-electron chi connectivity index (χ1n) is 21.3. The van der Waals surface area contributed by atoms with Crippen molar-refractivity contribution < 1.29 is 4.42 Å². The van der Waals surface area contributed by atoms with Crippen LogP contribution >= 0.6 is 11.3 Å². The first-order chi connectivity index (χ1) is 30.8. The standard InChI is InChI=1S/C58H32N2OS/c1-7-22-44-35(16-1)36-17-2-8-23-45(36)58(44)46-24-9-3-19-38(46)55-47(58)29-28-41-53(55)39-20-4-10-25-48(39)59-56(41)33-14-13-15-34(30-33)60-49-31-42-37-18-5-11-26-50(37)61-51(42)32-43(49)54-40-21-6-12-27-52(40)62-57(54)60/h1-32H. The molecular weight excluding hydrogens is 773 g/mol. The van der Waals surface area contributed by atoms with E-state index in [1.807, 2.05) is 17.4 Å². The van der Waals surface area contributed by atoms with Gasteiger partial charge in [-0.05, 0) is 87.0 Å². The van der Waals surface area contributed by atoms with E-state index in [9.17, 15) is 0 Å². The average Bonchev–Trinajstić information content (AvgIpc) is 4.11. The van der Waals surface area contributed by atoms with Gasteiger partial charge in [-0.25, -0.2) is 4.98 Å². The number of furan rings is 1. The summed E-state index contributed by atoms with van der Waals surface area (Å²) in [6, 6.07) is 71.5. The molecule has 0 saturated heterocycles. The number of rotatable bonds is 2. The molecule has 4 heterocycles. The fourth-order valence-electron chi connectivity index (χ4n) is 11.6. The van der Waals surface area contributed by atoms with Crippen LogP contribution in [0.2, 0.25) is 0 Å². The van der Waals surface area contributed by atoms with E-state index >= 15 is 0 Å². The number of para-hydroxylation sites is 2. The van der Waals surface area contributed by atoms with Gasteiger partial charge in [-0.3, -0.25) is 0 Å². The van der Waals surface area contributed by atoms with E-state index in [0.29, 0.717) is 0 Å². The molecule has 0 amide bonds. The monoisotopic (exact) mass is 804 g/mol. The van der Waals surface area contributed by atoms with Crippen LogP contribution in [0.4, 0.5) is 0 Å². The fraction of sp³-hybridized carbons (Fsp3) is 0.0172.